The maximum atomic E-state index is 10.8. The largest absolute Gasteiger partial charge is 0.300 e. The van der Waals surface area contributed by atoms with Gasteiger partial charge in [-0.3, -0.25) is 0 Å². The van der Waals surface area contributed by atoms with Gasteiger partial charge in [-0.05, 0) is 19.3 Å². The Morgan fingerprint density at radius 3 is 1.65 bits per heavy atom. The average molecular weight is 283 g/mol. The molecule has 0 amide bonds. The topological polar surface area (TPSA) is 17.1 Å². The maximum Gasteiger partial charge on any atom is 0.129 e. The second kappa shape index (κ2) is 15.1. The molecule has 0 aliphatic carbocycles. The van der Waals surface area contributed by atoms with Gasteiger partial charge >= 0.3 is 0 Å². The zero-order chi connectivity index (χ0) is 15.1. The molecule has 0 rings (SSSR count). The summed E-state index contributed by atoms with van der Waals surface area (Å²) in [6, 6.07) is 0. The molecule has 120 valence electrons. The van der Waals surface area contributed by atoms with Crippen LogP contribution in [0.5, 0.6) is 0 Å². The molecule has 0 N–H and O–H groups in total. The highest BCUT2D eigenvalue weighted by Crippen LogP contribution is 2.16. The van der Waals surface area contributed by atoms with Crippen molar-refractivity contribution in [2.75, 3.05) is 0 Å². The predicted octanol–water partition coefficient (Wildman–Crippen LogP) is 6.69. The second-order valence-corrected chi connectivity index (χ2v) is 6.67. The number of rotatable bonds is 15. The van der Waals surface area contributed by atoms with Gasteiger partial charge in [-0.2, -0.15) is 0 Å². The van der Waals surface area contributed by atoms with Crippen molar-refractivity contribution in [1.29, 1.82) is 0 Å². The minimum absolute atomic E-state index is 0.346. The van der Waals surface area contributed by atoms with E-state index >= 15 is 0 Å². The van der Waals surface area contributed by atoms with Gasteiger partial charge in [-0.1, -0.05) is 90.9 Å². The van der Waals surface area contributed by atoms with Gasteiger partial charge in [0.25, 0.3) is 0 Å². The Kier molecular flexibility index (Phi) is 14.8. The second-order valence-electron chi connectivity index (χ2n) is 6.67. The Balaban J connectivity index is 3.04. The van der Waals surface area contributed by atoms with Crippen LogP contribution in [0.15, 0.2) is 0 Å². The van der Waals surface area contributed by atoms with Crippen LogP contribution in [-0.2, 0) is 4.79 Å². The van der Waals surface area contributed by atoms with E-state index in [1.54, 1.807) is 6.92 Å². The van der Waals surface area contributed by atoms with Crippen LogP contribution in [0.2, 0.25) is 0 Å². The molecule has 1 unspecified atom stereocenters. The zero-order valence-electron chi connectivity index (χ0n) is 14.4. The summed E-state index contributed by atoms with van der Waals surface area (Å²) >= 11 is 0. The molecule has 0 aliphatic rings. The van der Waals surface area contributed by atoms with Crippen molar-refractivity contribution in [2.45, 2.75) is 111 Å². The summed E-state index contributed by atoms with van der Waals surface area (Å²) in [6.07, 6.45) is 18.5. The smallest absolute Gasteiger partial charge is 0.129 e. The first kappa shape index (κ1) is 19.7. The number of carbonyl (C=O) groups excluding carboxylic acids is 1. The molecule has 0 aromatic heterocycles. The van der Waals surface area contributed by atoms with Gasteiger partial charge in [0.2, 0.25) is 0 Å². The van der Waals surface area contributed by atoms with Gasteiger partial charge in [0.15, 0.2) is 0 Å². The number of hydrogen-bond donors (Lipinski definition) is 0. The van der Waals surface area contributed by atoms with E-state index in [1.165, 1.54) is 77.0 Å². The molecule has 0 heterocycles. The summed E-state index contributed by atoms with van der Waals surface area (Å²) in [7, 11) is 0. The first-order chi connectivity index (χ1) is 9.66. The van der Waals surface area contributed by atoms with E-state index in [-0.39, 0.29) is 0 Å². The molecule has 0 aromatic carbocycles. The number of Topliss-reactive ketones (excluding diaryl/α,β-unsaturated/α-hetero) is 1. The van der Waals surface area contributed by atoms with Crippen LogP contribution in [0.4, 0.5) is 0 Å². The van der Waals surface area contributed by atoms with E-state index in [2.05, 4.69) is 13.8 Å². The van der Waals surface area contributed by atoms with Gasteiger partial charge in [0.1, 0.15) is 5.78 Å². The van der Waals surface area contributed by atoms with Crippen molar-refractivity contribution < 1.29 is 4.79 Å². The summed E-state index contributed by atoms with van der Waals surface area (Å²) in [6.45, 7) is 6.38. The van der Waals surface area contributed by atoms with Crippen LogP contribution in [0.25, 0.3) is 0 Å². The number of unbranched alkanes of at least 4 members (excludes halogenated alkanes) is 9. The van der Waals surface area contributed by atoms with E-state index < -0.39 is 0 Å². The summed E-state index contributed by atoms with van der Waals surface area (Å²) < 4.78 is 0. The highest BCUT2D eigenvalue weighted by molar-refractivity contribution is 5.75. The lowest BCUT2D eigenvalue weighted by Crippen LogP contribution is -1.93. The number of ketones is 1. The molecule has 0 saturated heterocycles. The highest BCUT2D eigenvalue weighted by atomic mass is 16.1. The van der Waals surface area contributed by atoms with Crippen molar-refractivity contribution in [1.82, 2.24) is 0 Å². The lowest BCUT2D eigenvalue weighted by atomic mass is 9.98. The van der Waals surface area contributed by atoms with Crippen molar-refractivity contribution in [2.24, 2.45) is 5.92 Å². The maximum absolute atomic E-state index is 10.8. The van der Waals surface area contributed by atoms with Gasteiger partial charge < -0.3 is 4.79 Å². The molecule has 0 spiro atoms. The van der Waals surface area contributed by atoms with E-state index in [0.717, 1.165) is 18.8 Å². The van der Waals surface area contributed by atoms with E-state index in [4.69, 9.17) is 0 Å². The molecule has 0 fully saturated rings. The molecule has 0 bridgehead atoms. The lowest BCUT2D eigenvalue weighted by molar-refractivity contribution is -0.117. The van der Waals surface area contributed by atoms with E-state index in [0.29, 0.717) is 5.78 Å². The average Bonchev–Trinajstić information content (AvgIpc) is 2.40. The molecule has 0 aliphatic heterocycles. The quantitative estimate of drug-likeness (QED) is 0.306. The van der Waals surface area contributed by atoms with Crippen LogP contribution in [0.3, 0.4) is 0 Å². The van der Waals surface area contributed by atoms with Crippen LogP contribution in [0, 0.1) is 5.92 Å². The third-order valence-electron chi connectivity index (χ3n) is 4.26. The number of carbonyl (C=O) groups is 1. The SMILES string of the molecule is CCCC(C)CCCCCCCCCCCCC(C)=O. The van der Waals surface area contributed by atoms with Gasteiger partial charge in [0, 0.05) is 6.42 Å². The first-order valence-corrected chi connectivity index (χ1v) is 9.16. The minimum Gasteiger partial charge on any atom is -0.300 e. The summed E-state index contributed by atoms with van der Waals surface area (Å²) in [5, 5.41) is 0. The summed E-state index contributed by atoms with van der Waals surface area (Å²) in [5.74, 6) is 1.29. The fourth-order valence-electron chi connectivity index (χ4n) is 2.92. The fraction of sp³-hybridized carbons (Fsp3) is 0.947. The van der Waals surface area contributed by atoms with Crippen LogP contribution < -0.4 is 0 Å². The van der Waals surface area contributed by atoms with Crippen molar-refractivity contribution in [3.8, 4) is 0 Å². The Hall–Kier alpha value is -0.330. The molecule has 1 heteroatoms. The van der Waals surface area contributed by atoms with Crippen LogP contribution in [0.1, 0.15) is 111 Å². The molecular formula is C19H38O. The summed E-state index contributed by atoms with van der Waals surface area (Å²) in [4.78, 5) is 10.8. The van der Waals surface area contributed by atoms with Gasteiger partial charge in [-0.25, -0.2) is 0 Å². The van der Waals surface area contributed by atoms with E-state index in [1.807, 2.05) is 0 Å². The molecule has 0 radical (unpaired) electrons. The molecule has 20 heavy (non-hydrogen) atoms. The monoisotopic (exact) mass is 282 g/mol. The van der Waals surface area contributed by atoms with Crippen LogP contribution in [-0.4, -0.2) is 5.78 Å². The normalized spacial score (nSPS) is 12.6. The molecule has 1 atom stereocenters. The zero-order valence-corrected chi connectivity index (χ0v) is 14.4. The molecule has 1 nitrogen and oxygen atoms in total. The highest BCUT2D eigenvalue weighted by Gasteiger charge is 2.00. The van der Waals surface area contributed by atoms with E-state index in [9.17, 15) is 4.79 Å². The Bertz CT molecular complexity index is 210. The van der Waals surface area contributed by atoms with Crippen molar-refractivity contribution in [3.63, 3.8) is 0 Å². The fourth-order valence-corrected chi connectivity index (χ4v) is 2.92. The lowest BCUT2D eigenvalue weighted by Gasteiger charge is -2.09. The molecule has 0 saturated carbocycles. The van der Waals surface area contributed by atoms with Crippen molar-refractivity contribution in [3.05, 3.63) is 0 Å². The van der Waals surface area contributed by atoms with Gasteiger partial charge in [-0.15, -0.1) is 0 Å². The third-order valence-corrected chi connectivity index (χ3v) is 4.26. The number of hydrogen-bond acceptors (Lipinski definition) is 1. The molecule has 0 aromatic rings. The third kappa shape index (κ3) is 15.7. The standard InChI is InChI=1S/C19H38O/c1-4-15-18(2)16-13-11-9-7-5-6-8-10-12-14-17-19(3)20/h18H,4-17H2,1-3H3. The Morgan fingerprint density at radius 2 is 1.20 bits per heavy atom. The first-order valence-electron chi connectivity index (χ1n) is 9.16. The van der Waals surface area contributed by atoms with Gasteiger partial charge in [0.05, 0.1) is 0 Å². The van der Waals surface area contributed by atoms with Crippen LogP contribution >= 0.6 is 0 Å². The molecular weight excluding hydrogens is 244 g/mol. The minimum atomic E-state index is 0.346. The summed E-state index contributed by atoms with van der Waals surface area (Å²) in [5.41, 5.74) is 0. The van der Waals surface area contributed by atoms with Crippen molar-refractivity contribution >= 4 is 5.78 Å². The Morgan fingerprint density at radius 1 is 0.750 bits per heavy atom. The Labute approximate surface area is 127 Å². The predicted molar refractivity (Wildman–Crippen MR) is 90.2 cm³/mol.